The Labute approximate surface area is 151 Å². The zero-order chi connectivity index (χ0) is 14.4. The van der Waals surface area contributed by atoms with Crippen molar-refractivity contribution in [3.05, 3.63) is 22.8 Å². The lowest BCUT2D eigenvalue weighted by Crippen LogP contribution is -2.30. The first kappa shape index (κ1) is 17.4. The molecule has 0 spiro atoms. The van der Waals surface area contributed by atoms with Crippen LogP contribution in [0.1, 0.15) is 6.42 Å². The number of aliphatic carboxylic acids is 1. The number of amides is 1. The first-order chi connectivity index (χ1) is 8.90. The third kappa shape index (κ3) is 6.53. The summed E-state index contributed by atoms with van der Waals surface area (Å²) in [6.07, 6.45) is 0.00583. The van der Waals surface area contributed by atoms with Crippen LogP contribution in [0.15, 0.2) is 12.1 Å². The van der Waals surface area contributed by atoms with Crippen LogP contribution in [-0.4, -0.2) is 30.1 Å². The number of nitrogens with one attached hydrogen (secondary N) is 2. The van der Waals surface area contributed by atoms with E-state index in [4.69, 9.17) is 5.11 Å². The van der Waals surface area contributed by atoms with Gasteiger partial charge in [-0.05, 0) is 79.9 Å². The van der Waals surface area contributed by atoms with Crippen molar-refractivity contribution in [1.82, 2.24) is 5.32 Å². The van der Waals surface area contributed by atoms with Crippen molar-refractivity contribution in [1.29, 1.82) is 0 Å². The van der Waals surface area contributed by atoms with E-state index in [-0.39, 0.29) is 25.4 Å². The van der Waals surface area contributed by atoms with Crippen LogP contribution in [0.4, 0.5) is 5.69 Å². The third-order valence-electron chi connectivity index (χ3n) is 2.07. The van der Waals surface area contributed by atoms with Crippen LogP contribution in [0, 0.1) is 10.7 Å². The molecule has 5 nitrogen and oxygen atoms in total. The summed E-state index contributed by atoms with van der Waals surface area (Å²) in [5, 5.41) is 14.1. The third-order valence-corrected chi connectivity index (χ3v) is 4.40. The maximum atomic E-state index is 11.7. The number of hydrogen-bond donors (Lipinski definition) is 3. The Bertz CT molecular complexity index is 471. The number of carboxylic acid groups (broad SMARTS) is 1. The molecule has 0 fully saturated rings. The van der Waals surface area contributed by atoms with Gasteiger partial charge in [-0.3, -0.25) is 9.59 Å². The van der Waals surface area contributed by atoms with E-state index in [1.54, 1.807) is 0 Å². The molecule has 0 saturated heterocycles. The maximum Gasteiger partial charge on any atom is 0.304 e. The van der Waals surface area contributed by atoms with Crippen molar-refractivity contribution in [2.24, 2.45) is 0 Å². The van der Waals surface area contributed by atoms with E-state index in [2.05, 4.69) is 78.4 Å². The quantitative estimate of drug-likeness (QED) is 0.347. The SMILES string of the molecule is O=C(O)CCNCC(=O)Nc1c(I)cc(I)cc1I. The second-order valence-corrected chi connectivity index (χ2v) is 7.18. The molecular weight excluding hydrogens is 589 g/mol. The van der Waals surface area contributed by atoms with E-state index in [0.717, 1.165) is 16.4 Å². The highest BCUT2D eigenvalue weighted by molar-refractivity contribution is 14.1. The van der Waals surface area contributed by atoms with Gasteiger partial charge in [-0.25, -0.2) is 0 Å². The predicted molar refractivity (Wildman–Crippen MR) is 98.3 cm³/mol. The van der Waals surface area contributed by atoms with Gasteiger partial charge in [-0.1, -0.05) is 0 Å². The van der Waals surface area contributed by atoms with E-state index in [0.29, 0.717) is 0 Å². The molecule has 19 heavy (non-hydrogen) atoms. The van der Waals surface area contributed by atoms with Crippen LogP contribution in [-0.2, 0) is 9.59 Å². The van der Waals surface area contributed by atoms with Crippen LogP contribution in [0.25, 0.3) is 0 Å². The fourth-order valence-corrected chi connectivity index (χ4v) is 5.09. The molecule has 0 bridgehead atoms. The second-order valence-electron chi connectivity index (χ2n) is 3.61. The van der Waals surface area contributed by atoms with Gasteiger partial charge < -0.3 is 15.7 Å². The molecule has 0 aliphatic rings. The summed E-state index contributed by atoms with van der Waals surface area (Å²) in [6.45, 7) is 0.384. The number of halogens is 3. The van der Waals surface area contributed by atoms with Crippen LogP contribution in [0.3, 0.4) is 0 Å². The van der Waals surface area contributed by atoms with Crippen molar-refractivity contribution >= 4 is 85.3 Å². The molecule has 0 heterocycles. The van der Waals surface area contributed by atoms with Crippen LogP contribution >= 0.6 is 67.8 Å². The van der Waals surface area contributed by atoms with Crippen molar-refractivity contribution in [3.8, 4) is 0 Å². The largest absolute Gasteiger partial charge is 0.481 e. The molecule has 1 aromatic rings. The summed E-state index contributed by atoms with van der Waals surface area (Å²) in [7, 11) is 0. The van der Waals surface area contributed by atoms with Crippen LogP contribution < -0.4 is 10.6 Å². The fraction of sp³-hybridized carbons (Fsp3) is 0.273. The van der Waals surface area contributed by atoms with E-state index in [9.17, 15) is 9.59 Å². The Morgan fingerprint density at radius 1 is 1.16 bits per heavy atom. The highest BCUT2D eigenvalue weighted by Crippen LogP contribution is 2.27. The molecule has 0 unspecified atom stereocenters. The van der Waals surface area contributed by atoms with Gasteiger partial charge in [0.15, 0.2) is 0 Å². The number of carbonyl (C=O) groups is 2. The minimum atomic E-state index is -0.880. The molecule has 0 aliphatic heterocycles. The molecule has 0 atom stereocenters. The first-order valence-electron chi connectivity index (χ1n) is 5.27. The monoisotopic (exact) mass is 600 g/mol. The molecule has 8 heteroatoms. The van der Waals surface area contributed by atoms with Gasteiger partial charge in [0, 0.05) is 17.3 Å². The lowest BCUT2D eigenvalue weighted by molar-refractivity contribution is -0.137. The normalized spacial score (nSPS) is 10.3. The van der Waals surface area contributed by atoms with E-state index in [1.807, 2.05) is 12.1 Å². The fourth-order valence-electron chi connectivity index (χ4n) is 1.24. The summed E-state index contributed by atoms with van der Waals surface area (Å²) >= 11 is 6.58. The Morgan fingerprint density at radius 3 is 2.26 bits per heavy atom. The Morgan fingerprint density at radius 2 is 1.74 bits per heavy atom. The van der Waals surface area contributed by atoms with Gasteiger partial charge in [0.25, 0.3) is 0 Å². The lowest BCUT2D eigenvalue weighted by atomic mass is 10.3. The molecule has 104 valence electrons. The lowest BCUT2D eigenvalue weighted by Gasteiger charge is -2.10. The summed E-state index contributed by atoms with van der Waals surface area (Å²) < 4.78 is 3.07. The highest BCUT2D eigenvalue weighted by Gasteiger charge is 2.10. The molecular formula is C11H11I3N2O3. The number of rotatable bonds is 6. The van der Waals surface area contributed by atoms with Crippen LogP contribution in [0.2, 0.25) is 0 Å². The van der Waals surface area contributed by atoms with Gasteiger partial charge in [-0.15, -0.1) is 0 Å². The van der Waals surface area contributed by atoms with Crippen molar-refractivity contribution in [2.75, 3.05) is 18.4 Å². The summed E-state index contributed by atoms with van der Waals surface area (Å²) in [4.78, 5) is 22.0. The minimum Gasteiger partial charge on any atom is -0.481 e. The average Bonchev–Trinajstić information content (AvgIpc) is 2.29. The molecule has 0 aliphatic carbocycles. The number of carbonyl (C=O) groups excluding carboxylic acids is 1. The second kappa shape index (κ2) is 8.56. The number of benzene rings is 1. The number of hydrogen-bond acceptors (Lipinski definition) is 3. The van der Waals surface area contributed by atoms with Crippen molar-refractivity contribution in [3.63, 3.8) is 0 Å². The summed E-state index contributed by atoms with van der Waals surface area (Å²) in [5.74, 6) is -1.06. The zero-order valence-electron chi connectivity index (χ0n) is 9.67. The molecule has 1 rings (SSSR count). The Kier molecular flexibility index (Phi) is 7.83. The van der Waals surface area contributed by atoms with Gasteiger partial charge in [-0.2, -0.15) is 0 Å². The highest BCUT2D eigenvalue weighted by atomic mass is 127. The molecule has 0 radical (unpaired) electrons. The molecule has 3 N–H and O–H groups in total. The van der Waals surface area contributed by atoms with E-state index >= 15 is 0 Å². The standard InChI is InChI=1S/C11H11I3N2O3/c12-6-3-7(13)11(8(14)4-6)16-9(17)5-15-2-1-10(18)19/h3-4,15H,1-2,5H2,(H,16,17)(H,18,19). The molecule has 0 aromatic heterocycles. The topological polar surface area (TPSA) is 78.4 Å². The van der Waals surface area contributed by atoms with Gasteiger partial charge in [0.1, 0.15) is 0 Å². The first-order valence-corrected chi connectivity index (χ1v) is 8.50. The number of carboxylic acids is 1. The smallest absolute Gasteiger partial charge is 0.304 e. The molecule has 1 amide bonds. The van der Waals surface area contributed by atoms with Gasteiger partial charge >= 0.3 is 5.97 Å². The minimum absolute atomic E-state index is 0.00583. The average molecular weight is 600 g/mol. The Balaban J connectivity index is 2.51. The van der Waals surface area contributed by atoms with Gasteiger partial charge in [0.05, 0.1) is 18.7 Å². The van der Waals surface area contributed by atoms with Crippen molar-refractivity contribution in [2.45, 2.75) is 6.42 Å². The molecule has 1 aromatic carbocycles. The summed E-state index contributed by atoms with van der Waals surface area (Å²) in [6, 6.07) is 3.97. The van der Waals surface area contributed by atoms with Crippen LogP contribution in [0.5, 0.6) is 0 Å². The van der Waals surface area contributed by atoms with Gasteiger partial charge in [0.2, 0.25) is 5.91 Å². The van der Waals surface area contributed by atoms with E-state index in [1.165, 1.54) is 0 Å². The van der Waals surface area contributed by atoms with Crippen molar-refractivity contribution < 1.29 is 14.7 Å². The number of anilines is 1. The maximum absolute atomic E-state index is 11.7. The predicted octanol–water partition coefficient (Wildman–Crippen LogP) is 2.50. The molecule has 0 saturated carbocycles. The Hall–Kier alpha value is 0.310. The summed E-state index contributed by atoms with van der Waals surface area (Å²) in [5.41, 5.74) is 0.798. The van der Waals surface area contributed by atoms with E-state index < -0.39 is 5.97 Å². The zero-order valence-corrected chi connectivity index (χ0v) is 16.1.